The van der Waals surface area contributed by atoms with Crippen LogP contribution in [0.2, 0.25) is 0 Å². The first-order valence-electron chi connectivity index (χ1n) is 6.95. The van der Waals surface area contributed by atoms with Crippen molar-refractivity contribution in [1.29, 1.82) is 0 Å². The second-order valence-electron chi connectivity index (χ2n) is 5.05. The highest BCUT2D eigenvalue weighted by Gasteiger charge is 2.24. The molecule has 0 atom stereocenters. The van der Waals surface area contributed by atoms with E-state index >= 15 is 0 Å². The van der Waals surface area contributed by atoms with Crippen LogP contribution >= 0.6 is 0 Å². The van der Waals surface area contributed by atoms with Gasteiger partial charge in [0.25, 0.3) is 5.91 Å². The Kier molecular flexibility index (Phi) is 3.46. The molecule has 0 saturated heterocycles. The Bertz CT molecular complexity index is 614. The molecule has 0 spiro atoms. The molecule has 1 aromatic carbocycles. The van der Waals surface area contributed by atoms with E-state index in [9.17, 15) is 4.79 Å². The van der Waals surface area contributed by atoms with Crippen LogP contribution in [0.15, 0.2) is 36.7 Å². The number of carbonyl (C=O) groups is 1. The van der Waals surface area contributed by atoms with Gasteiger partial charge in [-0.2, -0.15) is 0 Å². The lowest BCUT2D eigenvalue weighted by atomic mass is 10.1. The van der Waals surface area contributed by atoms with Gasteiger partial charge in [0.1, 0.15) is 5.69 Å². The molecule has 0 radical (unpaired) electrons. The van der Waals surface area contributed by atoms with E-state index < -0.39 is 0 Å². The monoisotopic (exact) mass is 267 g/mol. The van der Waals surface area contributed by atoms with Crippen molar-refractivity contribution in [2.75, 3.05) is 0 Å². The highest BCUT2D eigenvalue weighted by atomic mass is 16.2. The van der Waals surface area contributed by atoms with Gasteiger partial charge in [-0.05, 0) is 30.4 Å². The molecule has 1 heterocycles. The largest absolute Gasteiger partial charge is 0.347 e. The molecule has 102 valence electrons. The molecule has 2 aromatic rings. The quantitative estimate of drug-likeness (QED) is 0.924. The highest BCUT2D eigenvalue weighted by molar-refractivity contribution is 5.93. The summed E-state index contributed by atoms with van der Waals surface area (Å²) in [4.78, 5) is 20.7. The summed E-state index contributed by atoms with van der Waals surface area (Å²) in [6, 6.07) is 8.50. The van der Waals surface area contributed by atoms with Gasteiger partial charge in [-0.1, -0.05) is 31.2 Å². The zero-order valence-corrected chi connectivity index (χ0v) is 11.5. The summed E-state index contributed by atoms with van der Waals surface area (Å²) in [6.07, 6.45) is 5.69. The number of amides is 1. The molecule has 0 aliphatic heterocycles. The fourth-order valence-corrected chi connectivity index (χ4v) is 2.73. The molecule has 1 amide bonds. The van der Waals surface area contributed by atoms with Gasteiger partial charge in [-0.25, -0.2) is 4.98 Å². The van der Waals surface area contributed by atoms with Gasteiger partial charge in [-0.3, -0.25) is 9.78 Å². The predicted molar refractivity (Wildman–Crippen MR) is 76.5 cm³/mol. The molecule has 1 N–H and O–H groups in total. The molecule has 1 aliphatic rings. The summed E-state index contributed by atoms with van der Waals surface area (Å²) >= 11 is 0. The molecule has 3 rings (SSSR count). The molecule has 0 unspecified atom stereocenters. The van der Waals surface area contributed by atoms with Crippen LogP contribution in [-0.4, -0.2) is 21.9 Å². The van der Waals surface area contributed by atoms with E-state index in [2.05, 4.69) is 27.4 Å². The van der Waals surface area contributed by atoms with Crippen molar-refractivity contribution in [2.45, 2.75) is 32.2 Å². The maximum atomic E-state index is 12.3. The van der Waals surface area contributed by atoms with Gasteiger partial charge in [-0.15, -0.1) is 0 Å². The summed E-state index contributed by atoms with van der Waals surface area (Å²) in [6.45, 7) is 1.98. The van der Waals surface area contributed by atoms with Crippen molar-refractivity contribution in [2.24, 2.45) is 0 Å². The van der Waals surface area contributed by atoms with E-state index in [4.69, 9.17) is 0 Å². The number of hydrogen-bond donors (Lipinski definition) is 1. The van der Waals surface area contributed by atoms with Gasteiger partial charge in [0.15, 0.2) is 0 Å². The number of nitrogens with one attached hydrogen (secondary N) is 1. The third kappa shape index (κ3) is 2.41. The van der Waals surface area contributed by atoms with Gasteiger partial charge in [0.05, 0.1) is 5.69 Å². The van der Waals surface area contributed by atoms with Crippen LogP contribution in [0, 0.1) is 0 Å². The Labute approximate surface area is 118 Å². The topological polar surface area (TPSA) is 54.9 Å². The number of aryl methyl sites for hydroxylation is 1. The van der Waals surface area contributed by atoms with Crippen molar-refractivity contribution in [3.05, 3.63) is 59.2 Å². The molecule has 0 saturated carbocycles. The predicted octanol–water partition coefficient (Wildman–Crippen LogP) is 1.94. The molecule has 1 aliphatic carbocycles. The van der Waals surface area contributed by atoms with E-state index in [-0.39, 0.29) is 11.9 Å². The maximum absolute atomic E-state index is 12.3. The van der Waals surface area contributed by atoms with Crippen LogP contribution in [0.1, 0.15) is 34.2 Å². The first-order chi connectivity index (χ1) is 9.78. The lowest BCUT2D eigenvalue weighted by molar-refractivity contribution is 0.0932. The Morgan fingerprint density at radius 1 is 1.20 bits per heavy atom. The molecule has 20 heavy (non-hydrogen) atoms. The average molecular weight is 267 g/mol. The summed E-state index contributed by atoms with van der Waals surface area (Å²) in [5.74, 6) is -0.118. The summed E-state index contributed by atoms with van der Waals surface area (Å²) < 4.78 is 0. The number of benzene rings is 1. The van der Waals surface area contributed by atoms with Crippen molar-refractivity contribution >= 4 is 5.91 Å². The maximum Gasteiger partial charge on any atom is 0.272 e. The minimum Gasteiger partial charge on any atom is -0.347 e. The average Bonchev–Trinajstić information content (AvgIpc) is 2.89. The van der Waals surface area contributed by atoms with E-state index in [0.29, 0.717) is 12.1 Å². The number of fused-ring (bicyclic) bond motifs is 1. The molecule has 0 fully saturated rings. The van der Waals surface area contributed by atoms with Crippen molar-refractivity contribution < 1.29 is 4.79 Å². The lowest BCUT2D eigenvalue weighted by Gasteiger charge is -2.12. The van der Waals surface area contributed by atoms with E-state index in [0.717, 1.165) is 18.5 Å². The van der Waals surface area contributed by atoms with Gasteiger partial charge in [0, 0.05) is 18.4 Å². The lowest BCUT2D eigenvalue weighted by Crippen LogP contribution is -2.36. The summed E-state index contributed by atoms with van der Waals surface area (Å²) in [5, 5.41) is 3.08. The fraction of sp³-hybridized carbons (Fsp3) is 0.312. The SMILES string of the molecule is CCc1nccnc1C(=O)NC1Cc2ccccc2C1. The van der Waals surface area contributed by atoms with Crippen LogP contribution < -0.4 is 5.32 Å². The number of nitrogens with zero attached hydrogens (tertiary/aromatic N) is 2. The summed E-state index contributed by atoms with van der Waals surface area (Å²) in [5.41, 5.74) is 3.85. The standard InChI is InChI=1S/C16H17N3O/c1-2-14-15(18-8-7-17-14)16(20)19-13-9-11-5-3-4-6-12(11)10-13/h3-8,13H,2,9-10H2,1H3,(H,19,20). The van der Waals surface area contributed by atoms with Crippen LogP contribution in [0.5, 0.6) is 0 Å². The minimum atomic E-state index is -0.118. The number of hydrogen-bond acceptors (Lipinski definition) is 3. The Hall–Kier alpha value is -2.23. The molecule has 4 heteroatoms. The third-order valence-electron chi connectivity index (χ3n) is 3.71. The Morgan fingerprint density at radius 2 is 1.85 bits per heavy atom. The number of carbonyl (C=O) groups excluding carboxylic acids is 1. The molecular weight excluding hydrogens is 250 g/mol. The van der Waals surface area contributed by atoms with Crippen LogP contribution in [0.3, 0.4) is 0 Å². The number of rotatable bonds is 3. The molecule has 4 nitrogen and oxygen atoms in total. The molecule has 1 aromatic heterocycles. The van der Waals surface area contributed by atoms with Gasteiger partial charge < -0.3 is 5.32 Å². The van der Waals surface area contributed by atoms with Crippen LogP contribution in [0.25, 0.3) is 0 Å². The second-order valence-corrected chi connectivity index (χ2v) is 5.05. The normalized spacial score (nSPS) is 14.1. The molecule has 0 bridgehead atoms. The van der Waals surface area contributed by atoms with Crippen molar-refractivity contribution in [3.8, 4) is 0 Å². The van der Waals surface area contributed by atoms with E-state index in [1.54, 1.807) is 12.4 Å². The fourth-order valence-electron chi connectivity index (χ4n) is 2.73. The van der Waals surface area contributed by atoms with Crippen LogP contribution in [0.4, 0.5) is 0 Å². The molecular formula is C16H17N3O. The zero-order chi connectivity index (χ0) is 13.9. The first-order valence-corrected chi connectivity index (χ1v) is 6.95. The third-order valence-corrected chi connectivity index (χ3v) is 3.71. The minimum absolute atomic E-state index is 0.118. The van der Waals surface area contributed by atoms with Gasteiger partial charge in [0.2, 0.25) is 0 Å². The van der Waals surface area contributed by atoms with Crippen molar-refractivity contribution in [1.82, 2.24) is 15.3 Å². The Balaban J connectivity index is 1.72. The highest BCUT2D eigenvalue weighted by Crippen LogP contribution is 2.21. The number of aromatic nitrogens is 2. The van der Waals surface area contributed by atoms with Gasteiger partial charge >= 0.3 is 0 Å². The smallest absolute Gasteiger partial charge is 0.272 e. The second kappa shape index (κ2) is 5.41. The first kappa shape index (κ1) is 12.8. The van der Waals surface area contributed by atoms with E-state index in [1.807, 2.05) is 19.1 Å². The summed E-state index contributed by atoms with van der Waals surface area (Å²) in [7, 11) is 0. The van der Waals surface area contributed by atoms with Crippen molar-refractivity contribution in [3.63, 3.8) is 0 Å². The van der Waals surface area contributed by atoms with Crippen LogP contribution in [-0.2, 0) is 19.3 Å². The zero-order valence-electron chi connectivity index (χ0n) is 11.5. The Morgan fingerprint density at radius 3 is 2.50 bits per heavy atom. The van der Waals surface area contributed by atoms with E-state index in [1.165, 1.54) is 11.1 Å².